The van der Waals surface area contributed by atoms with Crippen LogP contribution in [0, 0.1) is 0 Å². The van der Waals surface area contributed by atoms with Crippen molar-refractivity contribution in [2.75, 3.05) is 26.4 Å². The Kier molecular flexibility index (Phi) is 6.64. The third-order valence-electron chi connectivity index (χ3n) is 2.28. The molecule has 9 heteroatoms. The number of rotatable bonds is 8. The van der Waals surface area contributed by atoms with Gasteiger partial charge in [-0.3, -0.25) is 4.79 Å². The summed E-state index contributed by atoms with van der Waals surface area (Å²) in [7, 11) is 0. The van der Waals surface area contributed by atoms with Crippen molar-refractivity contribution in [1.29, 1.82) is 0 Å². The number of carboxylic acid groups (broad SMARTS) is 1. The summed E-state index contributed by atoms with van der Waals surface area (Å²) in [6.07, 6.45) is -4.42. The molecule has 0 aliphatic heterocycles. The van der Waals surface area contributed by atoms with Gasteiger partial charge in [0.15, 0.2) is 6.61 Å². The van der Waals surface area contributed by atoms with Crippen LogP contribution in [0.15, 0.2) is 24.3 Å². The summed E-state index contributed by atoms with van der Waals surface area (Å²) >= 11 is 0. The maximum Gasteiger partial charge on any atom is 0.422 e. The highest BCUT2D eigenvalue weighted by atomic mass is 19.4. The summed E-state index contributed by atoms with van der Waals surface area (Å²) in [4.78, 5) is 21.8. The zero-order valence-corrected chi connectivity index (χ0v) is 11.4. The number of ether oxygens (including phenoxy) is 2. The zero-order valence-electron chi connectivity index (χ0n) is 11.4. The van der Waals surface area contributed by atoms with Crippen molar-refractivity contribution in [3.63, 3.8) is 0 Å². The Morgan fingerprint density at radius 2 is 1.82 bits per heavy atom. The van der Waals surface area contributed by atoms with E-state index in [4.69, 9.17) is 9.84 Å². The van der Waals surface area contributed by atoms with Gasteiger partial charge in [-0.25, -0.2) is 4.79 Å². The van der Waals surface area contributed by atoms with E-state index in [9.17, 15) is 22.8 Å². The summed E-state index contributed by atoms with van der Waals surface area (Å²) in [5, 5.41) is 10.8. The highest BCUT2D eigenvalue weighted by molar-refractivity contribution is 5.94. The number of hydrogen-bond acceptors (Lipinski definition) is 4. The lowest BCUT2D eigenvalue weighted by Gasteiger charge is -2.09. The molecule has 0 saturated heterocycles. The molecule has 0 radical (unpaired) electrons. The first kappa shape index (κ1) is 17.8. The molecule has 1 aromatic rings. The van der Waals surface area contributed by atoms with E-state index in [0.717, 1.165) is 0 Å². The number of benzene rings is 1. The fraction of sp³-hybridized carbons (Fsp3) is 0.385. The number of alkyl halides is 3. The largest absolute Gasteiger partial charge is 0.484 e. The van der Waals surface area contributed by atoms with Crippen molar-refractivity contribution in [2.24, 2.45) is 0 Å². The van der Waals surface area contributed by atoms with Gasteiger partial charge in [-0.05, 0) is 24.3 Å². The maximum absolute atomic E-state index is 12.0. The van der Waals surface area contributed by atoms with Crippen molar-refractivity contribution in [1.82, 2.24) is 5.32 Å². The summed E-state index contributed by atoms with van der Waals surface area (Å²) in [6, 6.07) is 5.14. The van der Waals surface area contributed by atoms with Crippen LogP contribution >= 0.6 is 0 Å². The number of carbonyl (C=O) groups excluding carboxylic acids is 1. The molecule has 0 aliphatic rings. The van der Waals surface area contributed by atoms with Gasteiger partial charge < -0.3 is 19.9 Å². The van der Waals surface area contributed by atoms with Gasteiger partial charge >= 0.3 is 12.1 Å². The quantitative estimate of drug-likeness (QED) is 0.708. The summed E-state index contributed by atoms with van der Waals surface area (Å²) in [5.74, 6) is -1.57. The predicted octanol–water partition coefficient (Wildman–Crippen LogP) is 1.46. The van der Waals surface area contributed by atoms with E-state index in [1.54, 1.807) is 0 Å². The molecule has 1 aromatic carbocycles. The second-order valence-electron chi connectivity index (χ2n) is 4.13. The first-order chi connectivity index (χ1) is 10.3. The van der Waals surface area contributed by atoms with Gasteiger partial charge in [0.1, 0.15) is 12.4 Å². The number of aliphatic carboxylic acids is 1. The predicted molar refractivity (Wildman–Crippen MR) is 68.8 cm³/mol. The topological polar surface area (TPSA) is 84.9 Å². The van der Waals surface area contributed by atoms with E-state index in [-0.39, 0.29) is 24.5 Å². The van der Waals surface area contributed by atoms with Crippen LogP contribution in [0.2, 0.25) is 0 Å². The van der Waals surface area contributed by atoms with E-state index in [1.807, 2.05) is 0 Å². The van der Waals surface area contributed by atoms with Crippen LogP contribution < -0.4 is 10.1 Å². The lowest BCUT2D eigenvalue weighted by molar-refractivity contribution is -0.153. The molecule has 0 unspecified atom stereocenters. The number of nitrogens with one attached hydrogen (secondary N) is 1. The second kappa shape index (κ2) is 8.23. The van der Waals surface area contributed by atoms with Crippen LogP contribution in [0.5, 0.6) is 5.75 Å². The summed E-state index contributed by atoms with van der Waals surface area (Å²) in [6.45, 7) is -1.72. The van der Waals surface area contributed by atoms with Crippen LogP contribution in [-0.2, 0) is 9.53 Å². The molecule has 0 bridgehead atoms. The van der Waals surface area contributed by atoms with E-state index >= 15 is 0 Å². The summed E-state index contributed by atoms with van der Waals surface area (Å²) < 4.78 is 45.1. The minimum absolute atomic E-state index is 0.00123. The molecule has 1 rings (SSSR count). The molecule has 0 aromatic heterocycles. The van der Waals surface area contributed by atoms with Crippen LogP contribution in [-0.4, -0.2) is 49.5 Å². The molecular weight excluding hydrogens is 307 g/mol. The molecule has 0 spiro atoms. The number of hydrogen-bond donors (Lipinski definition) is 2. The van der Waals surface area contributed by atoms with Crippen molar-refractivity contribution in [2.45, 2.75) is 6.18 Å². The number of carbonyl (C=O) groups is 2. The van der Waals surface area contributed by atoms with Gasteiger partial charge in [-0.2, -0.15) is 13.2 Å². The highest BCUT2D eigenvalue weighted by Crippen LogP contribution is 2.18. The molecular formula is C13H14F3NO5. The number of carboxylic acids is 1. The Labute approximate surface area is 123 Å². The molecule has 0 saturated carbocycles. The highest BCUT2D eigenvalue weighted by Gasteiger charge is 2.28. The lowest BCUT2D eigenvalue weighted by atomic mass is 10.2. The average molecular weight is 321 g/mol. The van der Waals surface area contributed by atoms with Crippen LogP contribution in [0.3, 0.4) is 0 Å². The second-order valence-corrected chi connectivity index (χ2v) is 4.13. The van der Waals surface area contributed by atoms with E-state index < -0.39 is 31.3 Å². The van der Waals surface area contributed by atoms with Crippen LogP contribution in [0.25, 0.3) is 0 Å². The Bertz CT molecular complexity index is 501. The molecule has 122 valence electrons. The first-order valence-corrected chi connectivity index (χ1v) is 6.15. The smallest absolute Gasteiger partial charge is 0.422 e. The Balaban J connectivity index is 2.36. The number of halogens is 3. The van der Waals surface area contributed by atoms with Gasteiger partial charge in [-0.15, -0.1) is 0 Å². The third kappa shape index (κ3) is 7.48. The van der Waals surface area contributed by atoms with E-state index in [2.05, 4.69) is 10.1 Å². The molecule has 22 heavy (non-hydrogen) atoms. The maximum atomic E-state index is 12.0. The molecule has 0 heterocycles. The standard InChI is InChI=1S/C13H14F3NO5/c14-13(15,16)8-22-10-3-1-9(2-4-10)12(20)17-5-6-21-7-11(18)19/h1-4H,5-8H2,(H,17,20)(H,18,19). The minimum atomic E-state index is -4.42. The Morgan fingerprint density at radius 1 is 1.18 bits per heavy atom. The summed E-state index contributed by atoms with van der Waals surface area (Å²) in [5.41, 5.74) is 0.234. The molecule has 6 nitrogen and oxygen atoms in total. The average Bonchev–Trinajstić information content (AvgIpc) is 2.44. The van der Waals surface area contributed by atoms with Gasteiger partial charge in [-0.1, -0.05) is 0 Å². The fourth-order valence-corrected chi connectivity index (χ4v) is 1.37. The van der Waals surface area contributed by atoms with E-state index in [1.165, 1.54) is 24.3 Å². The fourth-order valence-electron chi connectivity index (χ4n) is 1.37. The van der Waals surface area contributed by atoms with Gasteiger partial charge in [0, 0.05) is 12.1 Å². The SMILES string of the molecule is O=C(O)COCCNC(=O)c1ccc(OCC(F)(F)F)cc1. The van der Waals surface area contributed by atoms with E-state index in [0.29, 0.717) is 0 Å². The van der Waals surface area contributed by atoms with Crippen molar-refractivity contribution in [3.05, 3.63) is 29.8 Å². The number of amides is 1. The zero-order chi connectivity index (χ0) is 16.6. The van der Waals surface area contributed by atoms with Crippen LogP contribution in [0.1, 0.15) is 10.4 Å². The minimum Gasteiger partial charge on any atom is -0.484 e. The molecule has 1 amide bonds. The monoisotopic (exact) mass is 321 g/mol. The van der Waals surface area contributed by atoms with Crippen molar-refractivity contribution in [3.8, 4) is 5.75 Å². The van der Waals surface area contributed by atoms with Gasteiger partial charge in [0.05, 0.1) is 6.61 Å². The Morgan fingerprint density at radius 3 is 2.36 bits per heavy atom. The van der Waals surface area contributed by atoms with Crippen molar-refractivity contribution >= 4 is 11.9 Å². The molecule has 0 aliphatic carbocycles. The van der Waals surface area contributed by atoms with Gasteiger partial charge in [0.25, 0.3) is 5.91 Å². The molecule has 0 atom stereocenters. The van der Waals surface area contributed by atoms with Crippen molar-refractivity contribution < 1.29 is 37.3 Å². The van der Waals surface area contributed by atoms with Gasteiger partial charge in [0.2, 0.25) is 0 Å². The third-order valence-corrected chi connectivity index (χ3v) is 2.28. The van der Waals surface area contributed by atoms with Crippen LogP contribution in [0.4, 0.5) is 13.2 Å². The molecule has 0 fully saturated rings. The Hall–Kier alpha value is -2.29. The molecule has 2 N–H and O–H groups in total. The lowest BCUT2D eigenvalue weighted by Crippen LogP contribution is -2.27. The first-order valence-electron chi connectivity index (χ1n) is 6.15. The normalized spacial score (nSPS) is 11.0.